The fraction of sp³-hybridized carbons (Fsp3) is 0.417. The van der Waals surface area contributed by atoms with Gasteiger partial charge in [0.2, 0.25) is 13.2 Å². The highest BCUT2D eigenvalue weighted by atomic mass is 16.7. The molecule has 0 saturated carbocycles. The first-order valence-electron chi connectivity index (χ1n) is 11.6. The first kappa shape index (κ1) is 22.0. The molecule has 0 atom stereocenters. The maximum atomic E-state index is 13.1. The lowest BCUT2D eigenvalue weighted by atomic mass is 10.1. The summed E-state index contributed by atoms with van der Waals surface area (Å²) in [6.45, 7) is 4.05. The maximum absolute atomic E-state index is 13.1. The summed E-state index contributed by atoms with van der Waals surface area (Å²) in [5, 5.41) is 3.07. The second kappa shape index (κ2) is 9.58. The summed E-state index contributed by atoms with van der Waals surface area (Å²) in [5.41, 5.74) is 2.23. The number of benzene rings is 1. The molecule has 5 rings (SSSR count). The fourth-order valence-electron chi connectivity index (χ4n) is 4.23. The molecule has 0 spiro atoms. The number of amides is 2. The van der Waals surface area contributed by atoms with E-state index in [-0.39, 0.29) is 18.7 Å². The largest absolute Gasteiger partial charge is 0.493 e. The topological polar surface area (TPSA) is 119 Å². The number of likely N-dealkylation sites (tertiary alicyclic amines) is 1. The minimum atomic E-state index is -0.210. The molecule has 4 heterocycles. The monoisotopic (exact) mass is 465 g/mol. The van der Waals surface area contributed by atoms with Gasteiger partial charge in [0, 0.05) is 25.3 Å². The van der Waals surface area contributed by atoms with Gasteiger partial charge in [-0.15, -0.1) is 0 Å². The lowest BCUT2D eigenvalue weighted by molar-refractivity contribution is -0.119. The van der Waals surface area contributed by atoms with Gasteiger partial charge in [0.15, 0.2) is 17.3 Å². The molecule has 2 amide bonds. The molecule has 0 aliphatic carbocycles. The van der Waals surface area contributed by atoms with Crippen LogP contribution in [-0.4, -0.2) is 64.7 Å². The van der Waals surface area contributed by atoms with Gasteiger partial charge in [-0.1, -0.05) is 13.3 Å². The summed E-state index contributed by atoms with van der Waals surface area (Å²) in [6, 6.07) is 3.66. The maximum Gasteiger partial charge on any atom is 0.255 e. The Hall–Kier alpha value is -3.82. The summed E-state index contributed by atoms with van der Waals surface area (Å²) < 4.78 is 17.3. The minimum Gasteiger partial charge on any atom is -0.493 e. The molecule has 10 heteroatoms. The lowest BCUT2D eigenvalue weighted by Crippen LogP contribution is -2.44. The van der Waals surface area contributed by atoms with Crippen LogP contribution < -0.4 is 19.5 Å². The Labute approximate surface area is 196 Å². The van der Waals surface area contributed by atoms with Crippen LogP contribution in [0.1, 0.15) is 43.0 Å². The van der Waals surface area contributed by atoms with E-state index in [1.165, 1.54) is 0 Å². The van der Waals surface area contributed by atoms with Crippen molar-refractivity contribution in [3.05, 3.63) is 30.1 Å². The molecule has 0 radical (unpaired) electrons. The first-order valence-corrected chi connectivity index (χ1v) is 11.6. The Bertz CT molecular complexity index is 1200. The third-order valence-electron chi connectivity index (χ3n) is 6.15. The van der Waals surface area contributed by atoms with E-state index in [1.54, 1.807) is 17.3 Å². The van der Waals surface area contributed by atoms with Crippen LogP contribution in [0.15, 0.2) is 24.5 Å². The summed E-state index contributed by atoms with van der Waals surface area (Å²) in [5.74, 6) is 1.94. The van der Waals surface area contributed by atoms with Crippen LogP contribution in [0.4, 0.5) is 0 Å². The van der Waals surface area contributed by atoms with Crippen LogP contribution in [0.25, 0.3) is 22.4 Å². The predicted molar refractivity (Wildman–Crippen MR) is 124 cm³/mol. The van der Waals surface area contributed by atoms with Gasteiger partial charge < -0.3 is 29.4 Å². The van der Waals surface area contributed by atoms with Gasteiger partial charge in [-0.05, 0) is 31.4 Å². The van der Waals surface area contributed by atoms with Gasteiger partial charge in [-0.25, -0.2) is 9.97 Å². The van der Waals surface area contributed by atoms with Crippen molar-refractivity contribution in [1.82, 2.24) is 25.2 Å². The molecule has 2 aromatic heterocycles. The molecule has 3 aromatic rings. The SMILES string of the molecule is CCCCOc1ccc2c(c1-c1ncc3[nH]cc(C(=O)NC4CCN(C=O)CC4)c3n1)OCO2. The normalized spacial score (nSPS) is 15.5. The second-order valence-corrected chi connectivity index (χ2v) is 8.42. The summed E-state index contributed by atoms with van der Waals surface area (Å²) in [4.78, 5) is 38.1. The van der Waals surface area contributed by atoms with Crippen molar-refractivity contribution in [3.8, 4) is 28.6 Å². The quantitative estimate of drug-likeness (QED) is 0.388. The van der Waals surface area contributed by atoms with Crippen LogP contribution in [-0.2, 0) is 4.79 Å². The Kier molecular flexibility index (Phi) is 6.20. The van der Waals surface area contributed by atoms with E-state index in [0.29, 0.717) is 64.9 Å². The molecule has 10 nitrogen and oxygen atoms in total. The zero-order valence-corrected chi connectivity index (χ0v) is 19.0. The number of aromatic amines is 1. The number of ether oxygens (including phenoxy) is 3. The number of carbonyl (C=O) groups is 2. The van der Waals surface area contributed by atoms with Crippen molar-refractivity contribution < 1.29 is 23.8 Å². The number of H-pyrrole nitrogens is 1. The average molecular weight is 466 g/mol. The van der Waals surface area contributed by atoms with Gasteiger partial charge in [-0.2, -0.15) is 0 Å². The average Bonchev–Trinajstić information content (AvgIpc) is 3.51. The molecule has 1 fully saturated rings. The smallest absolute Gasteiger partial charge is 0.255 e. The number of hydrogen-bond donors (Lipinski definition) is 2. The van der Waals surface area contributed by atoms with E-state index in [2.05, 4.69) is 22.2 Å². The summed E-state index contributed by atoms with van der Waals surface area (Å²) >= 11 is 0. The van der Waals surface area contributed by atoms with Gasteiger partial charge in [0.1, 0.15) is 16.8 Å². The third kappa shape index (κ3) is 4.23. The van der Waals surface area contributed by atoms with E-state index in [9.17, 15) is 9.59 Å². The predicted octanol–water partition coefficient (Wildman–Crippen LogP) is 2.88. The van der Waals surface area contributed by atoms with Crippen molar-refractivity contribution in [3.63, 3.8) is 0 Å². The summed E-state index contributed by atoms with van der Waals surface area (Å²) in [6.07, 6.45) is 7.53. The van der Waals surface area contributed by atoms with E-state index in [0.717, 1.165) is 32.1 Å². The minimum absolute atomic E-state index is 0.0106. The van der Waals surface area contributed by atoms with Gasteiger partial charge in [0.25, 0.3) is 5.91 Å². The van der Waals surface area contributed by atoms with Crippen LogP contribution >= 0.6 is 0 Å². The molecular formula is C24H27N5O5. The van der Waals surface area contributed by atoms with Crippen molar-refractivity contribution in [1.29, 1.82) is 0 Å². The number of fused-ring (bicyclic) bond motifs is 2. The molecule has 178 valence electrons. The molecule has 2 N–H and O–H groups in total. The van der Waals surface area contributed by atoms with E-state index in [4.69, 9.17) is 19.2 Å². The molecule has 1 aromatic carbocycles. The molecule has 0 unspecified atom stereocenters. The van der Waals surface area contributed by atoms with E-state index >= 15 is 0 Å². The van der Waals surface area contributed by atoms with Crippen LogP contribution in [0.2, 0.25) is 0 Å². The van der Waals surface area contributed by atoms with E-state index in [1.807, 2.05) is 12.1 Å². The Balaban J connectivity index is 1.45. The van der Waals surface area contributed by atoms with Gasteiger partial charge >= 0.3 is 0 Å². The zero-order chi connectivity index (χ0) is 23.5. The number of hydrogen-bond acceptors (Lipinski definition) is 7. The van der Waals surface area contributed by atoms with Crippen molar-refractivity contribution in [2.24, 2.45) is 0 Å². The lowest BCUT2D eigenvalue weighted by Gasteiger charge is -2.29. The van der Waals surface area contributed by atoms with E-state index < -0.39 is 0 Å². The Morgan fingerprint density at radius 1 is 1.32 bits per heavy atom. The second-order valence-electron chi connectivity index (χ2n) is 8.42. The standard InChI is InChI=1S/C24H27N5O5/c1-2-3-10-32-18-4-5-19-22(34-14-33-19)20(18)23-26-12-17-21(28-23)16(11-25-17)24(31)27-15-6-8-29(13-30)9-7-15/h4-5,11-13,15,25H,2-3,6-10,14H2,1H3,(H,27,31). The number of rotatable bonds is 8. The highest BCUT2D eigenvalue weighted by Crippen LogP contribution is 2.46. The molecule has 34 heavy (non-hydrogen) atoms. The number of carbonyl (C=O) groups excluding carboxylic acids is 2. The molecule has 1 saturated heterocycles. The molecule has 0 bridgehead atoms. The number of aromatic nitrogens is 3. The number of nitrogens with zero attached hydrogens (tertiary/aromatic N) is 3. The number of unbranched alkanes of at least 4 members (excludes halogenated alkanes) is 1. The Morgan fingerprint density at radius 2 is 2.18 bits per heavy atom. The fourth-order valence-corrected chi connectivity index (χ4v) is 4.23. The highest BCUT2D eigenvalue weighted by Gasteiger charge is 2.27. The van der Waals surface area contributed by atoms with Crippen LogP contribution in [0.5, 0.6) is 17.2 Å². The Morgan fingerprint density at radius 3 is 2.97 bits per heavy atom. The molecular weight excluding hydrogens is 438 g/mol. The van der Waals surface area contributed by atoms with Crippen LogP contribution in [0, 0.1) is 0 Å². The molecule has 2 aliphatic rings. The molecule has 2 aliphatic heterocycles. The van der Waals surface area contributed by atoms with Crippen LogP contribution in [0.3, 0.4) is 0 Å². The van der Waals surface area contributed by atoms with Gasteiger partial charge in [0.05, 0.1) is 23.9 Å². The highest BCUT2D eigenvalue weighted by molar-refractivity contribution is 6.05. The number of nitrogens with one attached hydrogen (secondary N) is 2. The van der Waals surface area contributed by atoms with Gasteiger partial charge in [-0.3, -0.25) is 9.59 Å². The van der Waals surface area contributed by atoms with Crippen molar-refractivity contribution >= 4 is 23.4 Å². The summed E-state index contributed by atoms with van der Waals surface area (Å²) in [7, 11) is 0. The number of piperidine rings is 1. The first-order chi connectivity index (χ1) is 16.7. The third-order valence-corrected chi connectivity index (χ3v) is 6.15. The van der Waals surface area contributed by atoms with Crippen molar-refractivity contribution in [2.45, 2.75) is 38.6 Å². The zero-order valence-electron chi connectivity index (χ0n) is 19.0. The van der Waals surface area contributed by atoms with Crippen molar-refractivity contribution in [2.75, 3.05) is 26.5 Å².